The molecule has 19 heavy (non-hydrogen) atoms. The Morgan fingerprint density at radius 1 is 1.53 bits per heavy atom. The molecule has 1 aliphatic carbocycles. The second kappa shape index (κ2) is 6.11. The minimum Gasteiger partial charge on any atom is -0.462 e. The van der Waals surface area contributed by atoms with Gasteiger partial charge < -0.3 is 4.74 Å². The van der Waals surface area contributed by atoms with Crippen LogP contribution in [0.4, 0.5) is 0 Å². The molecule has 0 atom stereocenters. The highest BCUT2D eigenvalue weighted by molar-refractivity contribution is 8.00. The van der Waals surface area contributed by atoms with Crippen molar-refractivity contribution in [3.63, 3.8) is 0 Å². The maximum absolute atomic E-state index is 12.0. The summed E-state index contributed by atoms with van der Waals surface area (Å²) in [6, 6.07) is 0. The van der Waals surface area contributed by atoms with E-state index < -0.39 is 0 Å². The lowest BCUT2D eigenvalue weighted by Crippen LogP contribution is -2.09. The van der Waals surface area contributed by atoms with Gasteiger partial charge in [0.2, 0.25) is 0 Å². The molecule has 1 heterocycles. The molecule has 0 bridgehead atoms. The highest BCUT2D eigenvalue weighted by atomic mass is 35.5. The van der Waals surface area contributed by atoms with E-state index in [1.54, 1.807) is 6.92 Å². The lowest BCUT2D eigenvalue weighted by Gasteiger charge is -2.15. The molecule has 0 amide bonds. The Bertz CT molecular complexity index is 560. The van der Waals surface area contributed by atoms with Crippen LogP contribution in [-0.4, -0.2) is 25.1 Å². The predicted molar refractivity (Wildman–Crippen MR) is 79.2 cm³/mol. The van der Waals surface area contributed by atoms with E-state index in [2.05, 4.69) is 0 Å². The van der Waals surface area contributed by atoms with E-state index in [0.29, 0.717) is 34.9 Å². The zero-order chi connectivity index (χ0) is 14.0. The van der Waals surface area contributed by atoms with Crippen molar-refractivity contribution in [1.82, 2.24) is 0 Å². The number of hydrogen-bond acceptors (Lipinski definition) is 5. The fourth-order valence-corrected chi connectivity index (χ4v) is 4.50. The normalized spacial score (nSPS) is 14.3. The van der Waals surface area contributed by atoms with Gasteiger partial charge in [-0.15, -0.1) is 23.1 Å². The van der Waals surface area contributed by atoms with Crippen molar-refractivity contribution in [2.45, 2.75) is 24.0 Å². The maximum Gasteiger partial charge on any atom is 0.348 e. The summed E-state index contributed by atoms with van der Waals surface area (Å²) >= 11 is 9.21. The highest BCUT2D eigenvalue weighted by Gasteiger charge is 2.29. The second-order valence-corrected chi connectivity index (χ2v) is 6.43. The number of allylic oxidation sites excluding steroid dienone is 1. The average molecular weight is 317 g/mol. The van der Waals surface area contributed by atoms with Crippen LogP contribution in [0.15, 0.2) is 9.78 Å². The number of halogens is 1. The fraction of sp³-hybridized carbons (Fsp3) is 0.385. The summed E-state index contributed by atoms with van der Waals surface area (Å²) < 4.78 is 6.03. The summed E-state index contributed by atoms with van der Waals surface area (Å²) in [7, 11) is 0. The summed E-state index contributed by atoms with van der Waals surface area (Å²) in [6.07, 6.45) is 3.97. The zero-order valence-corrected chi connectivity index (χ0v) is 13.0. The number of rotatable bonds is 4. The summed E-state index contributed by atoms with van der Waals surface area (Å²) in [5, 5.41) is 0.479. The first-order valence-electron chi connectivity index (χ1n) is 5.85. The summed E-state index contributed by atoms with van der Waals surface area (Å²) in [5.41, 5.74) is 2.37. The first-order chi connectivity index (χ1) is 9.13. The van der Waals surface area contributed by atoms with E-state index >= 15 is 0 Å². The van der Waals surface area contributed by atoms with E-state index in [9.17, 15) is 9.59 Å². The SMILES string of the molecule is CCOC(=O)c1sc(SC)c2c1CCC(C=O)=C2Cl. The van der Waals surface area contributed by atoms with Crippen molar-refractivity contribution in [3.8, 4) is 0 Å². The van der Waals surface area contributed by atoms with Crippen LogP contribution >= 0.6 is 34.7 Å². The van der Waals surface area contributed by atoms with Crippen LogP contribution in [0.1, 0.15) is 34.1 Å². The molecule has 0 saturated heterocycles. The van der Waals surface area contributed by atoms with Crippen molar-refractivity contribution in [2.24, 2.45) is 0 Å². The van der Waals surface area contributed by atoms with Crippen LogP contribution in [0, 0.1) is 0 Å². The summed E-state index contributed by atoms with van der Waals surface area (Å²) in [4.78, 5) is 23.6. The number of hydrogen-bond donors (Lipinski definition) is 0. The molecule has 0 aliphatic heterocycles. The van der Waals surface area contributed by atoms with E-state index in [1.807, 2.05) is 6.26 Å². The van der Waals surface area contributed by atoms with E-state index in [1.165, 1.54) is 23.1 Å². The number of ether oxygens (including phenoxy) is 1. The van der Waals surface area contributed by atoms with Gasteiger partial charge in [-0.25, -0.2) is 4.79 Å². The topological polar surface area (TPSA) is 43.4 Å². The molecule has 6 heteroatoms. The molecule has 0 saturated carbocycles. The number of carbonyl (C=O) groups excluding carboxylic acids is 2. The van der Waals surface area contributed by atoms with Crippen molar-refractivity contribution in [3.05, 3.63) is 21.6 Å². The Kier molecular flexibility index (Phi) is 4.71. The lowest BCUT2D eigenvalue weighted by molar-refractivity contribution is -0.105. The molecule has 1 aromatic heterocycles. The summed E-state index contributed by atoms with van der Waals surface area (Å²) in [6.45, 7) is 2.13. The minimum atomic E-state index is -0.303. The van der Waals surface area contributed by atoms with Gasteiger partial charge in [-0.2, -0.15) is 0 Å². The van der Waals surface area contributed by atoms with Crippen LogP contribution in [0.3, 0.4) is 0 Å². The van der Waals surface area contributed by atoms with Crippen LogP contribution in [0.2, 0.25) is 0 Å². The van der Waals surface area contributed by atoms with Gasteiger partial charge in [0, 0.05) is 11.1 Å². The van der Waals surface area contributed by atoms with Crippen molar-refractivity contribution >= 4 is 52.0 Å². The third kappa shape index (κ3) is 2.59. The predicted octanol–water partition coefficient (Wildman–Crippen LogP) is 3.74. The Morgan fingerprint density at radius 3 is 2.84 bits per heavy atom. The Morgan fingerprint density at radius 2 is 2.26 bits per heavy atom. The van der Waals surface area contributed by atoms with E-state index in [4.69, 9.17) is 16.3 Å². The molecule has 0 unspecified atom stereocenters. The highest BCUT2D eigenvalue weighted by Crippen LogP contribution is 2.45. The molecule has 102 valence electrons. The third-order valence-corrected chi connectivity index (χ3v) is 5.67. The van der Waals surface area contributed by atoms with Gasteiger partial charge in [0.15, 0.2) is 0 Å². The molecule has 2 rings (SSSR count). The van der Waals surface area contributed by atoms with Gasteiger partial charge in [0.1, 0.15) is 11.2 Å². The molecular formula is C13H13ClO3S2. The van der Waals surface area contributed by atoms with Crippen LogP contribution in [0.25, 0.3) is 5.03 Å². The number of fused-ring (bicyclic) bond motifs is 1. The van der Waals surface area contributed by atoms with Gasteiger partial charge in [-0.3, -0.25) is 4.79 Å². The molecule has 0 N–H and O–H groups in total. The number of aldehydes is 1. The van der Waals surface area contributed by atoms with E-state index in [-0.39, 0.29) is 5.97 Å². The quantitative estimate of drug-likeness (QED) is 0.482. The van der Waals surface area contributed by atoms with Crippen molar-refractivity contribution in [2.75, 3.05) is 12.9 Å². The molecule has 0 fully saturated rings. The monoisotopic (exact) mass is 316 g/mol. The van der Waals surface area contributed by atoms with E-state index in [0.717, 1.165) is 21.6 Å². The largest absolute Gasteiger partial charge is 0.462 e. The molecule has 0 radical (unpaired) electrons. The van der Waals surface area contributed by atoms with Crippen LogP contribution < -0.4 is 0 Å². The standard InChI is InChI=1S/C13H13ClO3S2/c1-3-17-12(16)11-8-5-4-7(6-15)10(14)9(8)13(18-2)19-11/h6H,3-5H2,1-2H3. The van der Waals surface area contributed by atoms with Gasteiger partial charge >= 0.3 is 5.97 Å². The zero-order valence-electron chi connectivity index (χ0n) is 10.6. The molecule has 0 spiro atoms. The third-order valence-electron chi connectivity index (χ3n) is 2.91. The molecule has 1 aromatic rings. The number of thiophene rings is 1. The second-order valence-electron chi connectivity index (χ2n) is 3.95. The van der Waals surface area contributed by atoms with Gasteiger partial charge in [-0.1, -0.05) is 11.6 Å². The first-order valence-corrected chi connectivity index (χ1v) is 8.26. The van der Waals surface area contributed by atoms with Crippen LogP contribution in [-0.2, 0) is 16.0 Å². The van der Waals surface area contributed by atoms with Crippen molar-refractivity contribution < 1.29 is 14.3 Å². The average Bonchev–Trinajstić information content (AvgIpc) is 2.79. The van der Waals surface area contributed by atoms with Gasteiger partial charge in [-0.05, 0) is 31.6 Å². The number of thioether (sulfide) groups is 1. The Balaban J connectivity index is 2.56. The number of carbonyl (C=O) groups is 2. The number of esters is 1. The molecule has 3 nitrogen and oxygen atoms in total. The first kappa shape index (κ1) is 14.6. The minimum absolute atomic E-state index is 0.303. The fourth-order valence-electron chi connectivity index (χ4n) is 2.05. The Labute approximate surface area is 125 Å². The molecule has 0 aromatic carbocycles. The smallest absolute Gasteiger partial charge is 0.348 e. The molecular weight excluding hydrogens is 304 g/mol. The van der Waals surface area contributed by atoms with Gasteiger partial charge in [0.25, 0.3) is 0 Å². The molecule has 1 aliphatic rings. The van der Waals surface area contributed by atoms with Crippen LogP contribution in [0.5, 0.6) is 0 Å². The lowest BCUT2D eigenvalue weighted by atomic mass is 9.94. The van der Waals surface area contributed by atoms with Gasteiger partial charge in [0.05, 0.1) is 15.8 Å². The maximum atomic E-state index is 12.0. The summed E-state index contributed by atoms with van der Waals surface area (Å²) in [5.74, 6) is -0.303. The Hall–Kier alpha value is -0.780. The van der Waals surface area contributed by atoms with Crippen molar-refractivity contribution in [1.29, 1.82) is 0 Å².